The van der Waals surface area contributed by atoms with Crippen LogP contribution >= 0.6 is 11.3 Å². The van der Waals surface area contributed by atoms with Crippen LogP contribution in [0.2, 0.25) is 0 Å². The third kappa shape index (κ3) is 3.20. The van der Waals surface area contributed by atoms with Gasteiger partial charge >= 0.3 is 5.97 Å². The van der Waals surface area contributed by atoms with Gasteiger partial charge in [0.15, 0.2) is 0 Å². The maximum absolute atomic E-state index is 12.7. The zero-order valence-corrected chi connectivity index (χ0v) is 16.3. The Morgan fingerprint density at radius 1 is 1.04 bits per heavy atom. The van der Waals surface area contributed by atoms with E-state index >= 15 is 0 Å². The Kier molecular flexibility index (Phi) is 4.93. The number of carbonyl (C=O) groups excluding carboxylic acids is 2. The summed E-state index contributed by atoms with van der Waals surface area (Å²) in [5.74, 6) is -2.79. The lowest BCUT2D eigenvalue weighted by atomic mass is 9.79. The summed E-state index contributed by atoms with van der Waals surface area (Å²) >= 11 is 1.48. The Bertz CT molecular complexity index is 924. The number of fused-ring (bicyclic) bond motifs is 2. The molecule has 2 bridgehead atoms. The molecule has 0 radical (unpaired) electrons. The Balaban J connectivity index is 1.47. The number of thiophene rings is 1. The molecule has 6 nitrogen and oxygen atoms in total. The number of hydrogen-bond donors (Lipinski definition) is 3. The zero-order chi connectivity index (χ0) is 19.8. The summed E-state index contributed by atoms with van der Waals surface area (Å²) in [7, 11) is 0. The molecule has 2 aromatic rings. The van der Waals surface area contributed by atoms with E-state index in [1.165, 1.54) is 11.3 Å². The maximum atomic E-state index is 12.7. The van der Waals surface area contributed by atoms with Crippen LogP contribution in [-0.2, 0) is 9.59 Å². The van der Waals surface area contributed by atoms with Crippen molar-refractivity contribution in [1.29, 1.82) is 0 Å². The largest absolute Gasteiger partial charge is 0.481 e. The second-order valence-corrected chi connectivity index (χ2v) is 8.70. The monoisotopic (exact) mass is 398 g/mol. The molecule has 0 aliphatic heterocycles. The van der Waals surface area contributed by atoms with Crippen LogP contribution in [0.5, 0.6) is 0 Å². The van der Waals surface area contributed by atoms with Gasteiger partial charge in [0.25, 0.3) is 5.91 Å². The predicted molar refractivity (Wildman–Crippen MR) is 106 cm³/mol. The van der Waals surface area contributed by atoms with Crippen molar-refractivity contribution in [3.05, 3.63) is 46.2 Å². The average molecular weight is 398 g/mol. The minimum absolute atomic E-state index is 0.0677. The van der Waals surface area contributed by atoms with Gasteiger partial charge in [-0.1, -0.05) is 30.3 Å². The highest BCUT2D eigenvalue weighted by molar-refractivity contribution is 7.10. The first-order valence-electron chi connectivity index (χ1n) is 9.44. The molecule has 4 unspecified atom stereocenters. The van der Waals surface area contributed by atoms with Crippen LogP contribution in [0.4, 0.5) is 0 Å². The minimum atomic E-state index is -0.918. The van der Waals surface area contributed by atoms with E-state index in [-0.39, 0.29) is 11.8 Å². The van der Waals surface area contributed by atoms with E-state index in [4.69, 9.17) is 0 Å². The third-order valence-electron chi connectivity index (χ3n) is 6.09. The van der Waals surface area contributed by atoms with Gasteiger partial charge in [-0.05, 0) is 43.6 Å². The molecule has 2 fully saturated rings. The molecule has 2 saturated carbocycles. The zero-order valence-electron chi connectivity index (χ0n) is 15.5. The number of benzene rings is 1. The number of rotatable bonds is 4. The van der Waals surface area contributed by atoms with Crippen molar-refractivity contribution in [2.75, 3.05) is 0 Å². The number of hydrazine groups is 1. The van der Waals surface area contributed by atoms with Crippen LogP contribution in [-0.4, -0.2) is 22.9 Å². The van der Waals surface area contributed by atoms with Gasteiger partial charge in [0, 0.05) is 15.8 Å². The molecule has 28 heavy (non-hydrogen) atoms. The fraction of sp³-hybridized carbons (Fsp3) is 0.381. The number of carboxylic acid groups (broad SMARTS) is 1. The first-order valence-corrected chi connectivity index (χ1v) is 10.3. The van der Waals surface area contributed by atoms with Gasteiger partial charge in [0.1, 0.15) is 0 Å². The number of nitrogens with one attached hydrogen (secondary N) is 2. The van der Waals surface area contributed by atoms with E-state index in [9.17, 15) is 19.5 Å². The lowest BCUT2D eigenvalue weighted by Gasteiger charge is -2.27. The normalized spacial score (nSPS) is 25.5. The van der Waals surface area contributed by atoms with Gasteiger partial charge in [0.05, 0.1) is 17.4 Å². The molecule has 2 aliphatic carbocycles. The van der Waals surface area contributed by atoms with Gasteiger partial charge in [-0.15, -0.1) is 11.3 Å². The SMILES string of the molecule is Cc1scc(C(=O)NNC(=O)C2C3CCC(C3)C2C(=O)O)c1-c1ccccc1. The molecular formula is C21H22N2O4S. The summed E-state index contributed by atoms with van der Waals surface area (Å²) < 4.78 is 0. The Morgan fingerprint density at radius 3 is 2.39 bits per heavy atom. The van der Waals surface area contributed by atoms with Crippen LogP contribution in [0.15, 0.2) is 35.7 Å². The Morgan fingerprint density at radius 2 is 1.71 bits per heavy atom. The third-order valence-corrected chi connectivity index (χ3v) is 7.00. The number of carbonyl (C=O) groups is 3. The standard InChI is InChI=1S/C21H22N2O4S/c1-11-16(12-5-3-2-4-6-12)15(10-28-11)19(24)22-23-20(25)17-13-7-8-14(9-13)18(17)21(26)27/h2-6,10,13-14,17-18H,7-9H2,1H3,(H,22,24)(H,23,25)(H,26,27). The molecule has 1 aromatic heterocycles. The predicted octanol–water partition coefficient (Wildman–Crippen LogP) is 3.23. The highest BCUT2D eigenvalue weighted by Gasteiger charge is 2.54. The van der Waals surface area contributed by atoms with E-state index in [0.29, 0.717) is 5.56 Å². The maximum Gasteiger partial charge on any atom is 0.307 e. The van der Waals surface area contributed by atoms with Crippen molar-refractivity contribution >= 4 is 29.1 Å². The second kappa shape index (κ2) is 7.39. The van der Waals surface area contributed by atoms with E-state index in [1.807, 2.05) is 37.3 Å². The molecule has 1 heterocycles. The summed E-state index contributed by atoms with van der Waals surface area (Å²) in [6.45, 7) is 1.95. The molecule has 2 aliphatic rings. The van der Waals surface area contributed by atoms with E-state index in [1.54, 1.807) is 5.38 Å². The second-order valence-electron chi connectivity index (χ2n) is 7.61. The van der Waals surface area contributed by atoms with Crippen molar-refractivity contribution < 1.29 is 19.5 Å². The molecule has 4 rings (SSSR count). The van der Waals surface area contributed by atoms with Crippen LogP contribution < -0.4 is 10.9 Å². The average Bonchev–Trinajstić information content (AvgIpc) is 3.40. The number of aliphatic carboxylic acids is 1. The summed E-state index contributed by atoms with van der Waals surface area (Å²) in [5, 5.41) is 11.3. The lowest BCUT2D eigenvalue weighted by molar-refractivity contribution is -0.149. The van der Waals surface area contributed by atoms with E-state index in [0.717, 1.165) is 35.3 Å². The molecule has 2 amide bonds. The molecule has 3 N–H and O–H groups in total. The molecule has 0 saturated heterocycles. The summed E-state index contributed by atoms with van der Waals surface area (Å²) in [6.07, 6.45) is 2.53. The highest BCUT2D eigenvalue weighted by atomic mass is 32.1. The van der Waals surface area contributed by atoms with Gasteiger partial charge < -0.3 is 5.11 Å². The molecule has 0 spiro atoms. The van der Waals surface area contributed by atoms with E-state index < -0.39 is 29.6 Å². The minimum Gasteiger partial charge on any atom is -0.481 e. The number of amides is 2. The lowest BCUT2D eigenvalue weighted by Crippen LogP contribution is -2.48. The molecule has 146 valence electrons. The van der Waals surface area contributed by atoms with Gasteiger partial charge in [-0.3, -0.25) is 25.2 Å². The summed E-state index contributed by atoms with van der Waals surface area (Å²) in [5.41, 5.74) is 7.26. The quantitative estimate of drug-likeness (QED) is 0.689. The Labute approximate surface area is 166 Å². The van der Waals surface area contributed by atoms with Crippen molar-refractivity contribution in [2.24, 2.45) is 23.7 Å². The van der Waals surface area contributed by atoms with Crippen LogP contribution in [0.25, 0.3) is 11.1 Å². The van der Waals surface area contributed by atoms with Crippen molar-refractivity contribution in [2.45, 2.75) is 26.2 Å². The fourth-order valence-corrected chi connectivity index (χ4v) is 5.74. The summed E-state index contributed by atoms with van der Waals surface area (Å²) in [4.78, 5) is 38.0. The van der Waals surface area contributed by atoms with Crippen LogP contribution in [0.1, 0.15) is 34.5 Å². The molecule has 7 heteroatoms. The first kappa shape index (κ1) is 18.7. The molecule has 4 atom stereocenters. The topological polar surface area (TPSA) is 95.5 Å². The Hall–Kier alpha value is -2.67. The van der Waals surface area contributed by atoms with Gasteiger partial charge in [0.2, 0.25) is 5.91 Å². The van der Waals surface area contributed by atoms with Crippen molar-refractivity contribution in [1.82, 2.24) is 10.9 Å². The van der Waals surface area contributed by atoms with Crippen molar-refractivity contribution in [3.63, 3.8) is 0 Å². The smallest absolute Gasteiger partial charge is 0.307 e. The number of aryl methyl sites for hydroxylation is 1. The van der Waals surface area contributed by atoms with E-state index in [2.05, 4.69) is 10.9 Å². The summed E-state index contributed by atoms with van der Waals surface area (Å²) in [6, 6.07) is 9.63. The highest BCUT2D eigenvalue weighted by Crippen LogP contribution is 2.52. The molecule has 1 aromatic carbocycles. The number of hydrogen-bond acceptors (Lipinski definition) is 4. The number of carboxylic acids is 1. The van der Waals surface area contributed by atoms with Crippen molar-refractivity contribution in [3.8, 4) is 11.1 Å². The van der Waals surface area contributed by atoms with Crippen LogP contribution in [0.3, 0.4) is 0 Å². The molecular weight excluding hydrogens is 376 g/mol. The first-order chi connectivity index (χ1) is 13.5. The fourth-order valence-electron chi connectivity index (χ4n) is 4.88. The van der Waals surface area contributed by atoms with Gasteiger partial charge in [-0.25, -0.2) is 0 Å². The van der Waals surface area contributed by atoms with Gasteiger partial charge in [-0.2, -0.15) is 0 Å². The van der Waals surface area contributed by atoms with Crippen LogP contribution in [0, 0.1) is 30.6 Å².